The zero-order valence-electron chi connectivity index (χ0n) is 16.3. The van der Waals surface area contributed by atoms with Crippen molar-refractivity contribution in [3.63, 3.8) is 0 Å². The highest BCUT2D eigenvalue weighted by Crippen LogP contribution is 2.24. The second kappa shape index (κ2) is 8.02. The van der Waals surface area contributed by atoms with E-state index in [-0.39, 0.29) is 5.91 Å². The number of methoxy groups -OCH3 is 1. The Balaban J connectivity index is 1.74. The van der Waals surface area contributed by atoms with Gasteiger partial charge >= 0.3 is 0 Å². The van der Waals surface area contributed by atoms with E-state index in [0.29, 0.717) is 5.69 Å². The molecule has 0 aliphatic carbocycles. The van der Waals surface area contributed by atoms with Crippen LogP contribution in [0.15, 0.2) is 84.9 Å². The van der Waals surface area contributed by atoms with Crippen molar-refractivity contribution in [2.45, 2.75) is 6.92 Å². The molecule has 29 heavy (non-hydrogen) atoms. The van der Waals surface area contributed by atoms with Crippen LogP contribution >= 0.6 is 0 Å². The Hall–Kier alpha value is -3.86. The molecule has 0 saturated carbocycles. The molecule has 4 aromatic rings. The van der Waals surface area contributed by atoms with Gasteiger partial charge in [-0.3, -0.25) is 4.79 Å². The SMILES string of the molecule is COc1ccc(-n2nc(-c3ccccc3)cc2C(=O)Nc2ccc(C)cc2)cc1. The van der Waals surface area contributed by atoms with E-state index in [9.17, 15) is 4.79 Å². The van der Waals surface area contributed by atoms with Gasteiger partial charge < -0.3 is 10.1 Å². The van der Waals surface area contributed by atoms with Gasteiger partial charge in [0.2, 0.25) is 0 Å². The zero-order valence-corrected chi connectivity index (χ0v) is 16.3. The fourth-order valence-electron chi connectivity index (χ4n) is 3.05. The number of carbonyl (C=O) groups excluding carboxylic acids is 1. The summed E-state index contributed by atoms with van der Waals surface area (Å²) in [5.41, 5.74) is 4.79. The predicted octanol–water partition coefficient (Wildman–Crippen LogP) is 5.11. The fraction of sp³-hybridized carbons (Fsp3) is 0.0833. The van der Waals surface area contributed by atoms with Gasteiger partial charge in [0.1, 0.15) is 11.4 Å². The van der Waals surface area contributed by atoms with Gasteiger partial charge in [-0.1, -0.05) is 48.0 Å². The van der Waals surface area contributed by atoms with Crippen molar-refractivity contribution in [1.29, 1.82) is 0 Å². The molecule has 1 amide bonds. The van der Waals surface area contributed by atoms with Gasteiger partial charge in [0.05, 0.1) is 18.5 Å². The maximum absolute atomic E-state index is 13.1. The highest BCUT2D eigenvalue weighted by atomic mass is 16.5. The summed E-state index contributed by atoms with van der Waals surface area (Å²) in [4.78, 5) is 13.1. The van der Waals surface area contributed by atoms with Crippen molar-refractivity contribution < 1.29 is 9.53 Å². The van der Waals surface area contributed by atoms with Crippen LogP contribution in [0.3, 0.4) is 0 Å². The Morgan fingerprint density at radius 3 is 2.28 bits per heavy atom. The predicted molar refractivity (Wildman–Crippen MR) is 115 cm³/mol. The first-order valence-electron chi connectivity index (χ1n) is 9.32. The first kappa shape index (κ1) is 18.5. The van der Waals surface area contributed by atoms with Crippen LogP contribution in [0.25, 0.3) is 16.9 Å². The summed E-state index contributed by atoms with van der Waals surface area (Å²) in [6.45, 7) is 2.01. The van der Waals surface area contributed by atoms with Crippen molar-refractivity contribution in [3.8, 4) is 22.7 Å². The molecule has 5 heteroatoms. The number of ether oxygens (including phenoxy) is 1. The number of nitrogens with one attached hydrogen (secondary N) is 1. The molecule has 0 spiro atoms. The number of anilines is 1. The minimum Gasteiger partial charge on any atom is -0.497 e. The van der Waals surface area contributed by atoms with Gasteiger partial charge in [-0.25, -0.2) is 4.68 Å². The van der Waals surface area contributed by atoms with Crippen LogP contribution in [0.5, 0.6) is 5.75 Å². The molecule has 5 nitrogen and oxygen atoms in total. The van der Waals surface area contributed by atoms with E-state index in [4.69, 9.17) is 9.84 Å². The van der Waals surface area contributed by atoms with Crippen LogP contribution in [0.4, 0.5) is 5.69 Å². The number of aryl methyl sites for hydroxylation is 1. The van der Waals surface area contributed by atoms with Gasteiger partial charge in [0.15, 0.2) is 0 Å². The van der Waals surface area contributed by atoms with Crippen molar-refractivity contribution in [1.82, 2.24) is 9.78 Å². The Labute approximate surface area is 169 Å². The third kappa shape index (κ3) is 4.04. The maximum Gasteiger partial charge on any atom is 0.274 e. The lowest BCUT2D eigenvalue weighted by atomic mass is 10.1. The van der Waals surface area contributed by atoms with Crippen LogP contribution in [-0.4, -0.2) is 22.8 Å². The molecule has 0 unspecified atom stereocenters. The first-order chi connectivity index (χ1) is 14.1. The van der Waals surface area contributed by atoms with E-state index in [2.05, 4.69) is 5.32 Å². The summed E-state index contributed by atoms with van der Waals surface area (Å²) in [7, 11) is 1.62. The largest absolute Gasteiger partial charge is 0.497 e. The van der Waals surface area contributed by atoms with Crippen LogP contribution in [-0.2, 0) is 0 Å². The molecule has 4 rings (SSSR count). The Morgan fingerprint density at radius 1 is 0.931 bits per heavy atom. The molecule has 0 saturated heterocycles. The Bertz CT molecular complexity index is 1120. The molecule has 1 aromatic heterocycles. The lowest BCUT2D eigenvalue weighted by molar-refractivity contribution is 0.101. The van der Waals surface area contributed by atoms with Gasteiger partial charge in [-0.2, -0.15) is 5.10 Å². The van der Waals surface area contributed by atoms with Crippen molar-refractivity contribution in [2.75, 3.05) is 12.4 Å². The topological polar surface area (TPSA) is 56.2 Å². The van der Waals surface area contributed by atoms with Gasteiger partial charge in [-0.15, -0.1) is 0 Å². The van der Waals surface area contributed by atoms with Crippen LogP contribution < -0.4 is 10.1 Å². The van der Waals surface area contributed by atoms with Crippen molar-refractivity contribution in [3.05, 3.63) is 96.2 Å². The Kier molecular flexibility index (Phi) is 5.12. The summed E-state index contributed by atoms with van der Waals surface area (Å²) in [5, 5.41) is 7.66. The number of carbonyl (C=O) groups is 1. The molecule has 0 aliphatic heterocycles. The van der Waals surface area contributed by atoms with Crippen molar-refractivity contribution in [2.24, 2.45) is 0 Å². The molecule has 1 heterocycles. The van der Waals surface area contributed by atoms with E-state index < -0.39 is 0 Å². The smallest absolute Gasteiger partial charge is 0.274 e. The Morgan fingerprint density at radius 2 is 1.62 bits per heavy atom. The quantitative estimate of drug-likeness (QED) is 0.521. The van der Waals surface area contributed by atoms with E-state index in [1.807, 2.05) is 91.9 Å². The molecule has 0 bridgehead atoms. The molecule has 1 N–H and O–H groups in total. The van der Waals surface area contributed by atoms with E-state index >= 15 is 0 Å². The minimum atomic E-state index is -0.223. The lowest BCUT2D eigenvalue weighted by Crippen LogP contribution is -2.16. The number of nitrogens with zero attached hydrogens (tertiary/aromatic N) is 2. The molecule has 0 fully saturated rings. The van der Waals surface area contributed by atoms with Crippen LogP contribution in [0.1, 0.15) is 16.1 Å². The number of benzene rings is 3. The van der Waals surface area contributed by atoms with E-state index in [0.717, 1.165) is 33.9 Å². The third-order valence-corrected chi connectivity index (χ3v) is 4.64. The monoisotopic (exact) mass is 383 g/mol. The van der Waals surface area contributed by atoms with Gasteiger partial charge in [0.25, 0.3) is 5.91 Å². The summed E-state index contributed by atoms with van der Waals surface area (Å²) < 4.78 is 6.89. The number of aromatic nitrogens is 2. The standard InChI is InChI=1S/C24H21N3O2/c1-17-8-10-19(11-9-17)25-24(28)23-16-22(18-6-4-3-5-7-18)26-27(23)20-12-14-21(29-2)15-13-20/h3-16H,1-2H3,(H,25,28). The zero-order chi connectivity index (χ0) is 20.2. The van der Waals surface area contributed by atoms with E-state index in [1.54, 1.807) is 11.8 Å². The average Bonchev–Trinajstić information content (AvgIpc) is 3.22. The van der Waals surface area contributed by atoms with Crippen molar-refractivity contribution >= 4 is 11.6 Å². The number of rotatable bonds is 5. The van der Waals surface area contributed by atoms with Crippen LogP contribution in [0.2, 0.25) is 0 Å². The van der Waals surface area contributed by atoms with E-state index in [1.165, 1.54) is 0 Å². The number of hydrogen-bond acceptors (Lipinski definition) is 3. The fourth-order valence-corrected chi connectivity index (χ4v) is 3.05. The molecule has 0 atom stereocenters. The highest BCUT2D eigenvalue weighted by molar-refractivity contribution is 6.04. The minimum absolute atomic E-state index is 0.223. The summed E-state index contributed by atoms with van der Waals surface area (Å²) in [6.07, 6.45) is 0. The maximum atomic E-state index is 13.1. The molecular weight excluding hydrogens is 362 g/mol. The molecule has 3 aromatic carbocycles. The second-order valence-electron chi connectivity index (χ2n) is 6.71. The first-order valence-corrected chi connectivity index (χ1v) is 9.32. The van der Waals surface area contributed by atoms with Crippen LogP contribution in [0, 0.1) is 6.92 Å². The highest BCUT2D eigenvalue weighted by Gasteiger charge is 2.18. The third-order valence-electron chi connectivity index (χ3n) is 4.64. The number of hydrogen-bond donors (Lipinski definition) is 1. The van der Waals surface area contributed by atoms with Gasteiger partial charge in [-0.05, 0) is 49.4 Å². The normalized spacial score (nSPS) is 10.6. The lowest BCUT2D eigenvalue weighted by Gasteiger charge is -2.09. The molecule has 0 radical (unpaired) electrons. The second-order valence-corrected chi connectivity index (χ2v) is 6.71. The summed E-state index contributed by atoms with van der Waals surface area (Å²) in [6, 6.07) is 26.8. The summed E-state index contributed by atoms with van der Waals surface area (Å²) in [5.74, 6) is 0.522. The number of amides is 1. The van der Waals surface area contributed by atoms with Gasteiger partial charge in [0, 0.05) is 11.3 Å². The molecule has 0 aliphatic rings. The average molecular weight is 383 g/mol. The molecule has 144 valence electrons. The summed E-state index contributed by atoms with van der Waals surface area (Å²) >= 11 is 0. The molecular formula is C24H21N3O2.